The predicted molar refractivity (Wildman–Crippen MR) is 250 cm³/mol. The van der Waals surface area contributed by atoms with Crippen molar-refractivity contribution in [2.75, 3.05) is 80.5 Å². The molecule has 0 spiro atoms. The molecule has 0 radical (unpaired) electrons. The first kappa shape index (κ1) is 85.2. The van der Waals surface area contributed by atoms with Gasteiger partial charge in [-0.1, -0.05) is 105 Å². The SMILES string of the molecule is CC[N-]C1CCCCC1[N-]CC.C[N-]C1CCCCC1[N-]C.[CH2-]CCN(C)C1CCCCC1N(C)CC[CH2-].[CH2-]CCN(CC)C1CCCCC1N(CC)CC[CH2-].[Li+].[Li+].[Li+].[Li+].[Li+].[Li+].[Li+].[Li+]. The first-order valence-corrected chi connectivity index (χ1v) is 23.8. The zero-order chi connectivity index (χ0) is 41.6. The van der Waals surface area contributed by atoms with Crippen molar-refractivity contribution in [1.82, 2.24) is 19.6 Å². The molecule has 0 aromatic heterocycles. The fraction of sp³-hybridized carbons (Fsp3) is 0.917. The van der Waals surface area contributed by atoms with Gasteiger partial charge in [-0.3, -0.25) is 0 Å². The van der Waals surface area contributed by atoms with Crippen LogP contribution in [-0.4, -0.2) is 148 Å². The van der Waals surface area contributed by atoms with Gasteiger partial charge in [0.15, 0.2) is 0 Å². The average Bonchev–Trinajstić information content (AvgIpc) is 3.23. The van der Waals surface area contributed by atoms with Crippen LogP contribution < -0.4 is 151 Å². The van der Waals surface area contributed by atoms with Crippen LogP contribution >= 0.6 is 0 Å². The fourth-order valence-electron chi connectivity index (χ4n) is 10.1. The molecule has 0 saturated heterocycles. The number of hydrogen-bond acceptors (Lipinski definition) is 4. The molecule has 4 rings (SSSR count). The Morgan fingerprint density at radius 2 is 0.625 bits per heavy atom. The van der Waals surface area contributed by atoms with Gasteiger partial charge in [-0.2, -0.15) is 77.0 Å². The van der Waals surface area contributed by atoms with Crippen molar-refractivity contribution in [3.63, 3.8) is 0 Å². The van der Waals surface area contributed by atoms with E-state index in [2.05, 4.69) is 110 Å². The minimum atomic E-state index is 0. The normalized spacial score (nSPS) is 24.8. The smallest absolute Gasteiger partial charge is 0.663 e. The van der Waals surface area contributed by atoms with Crippen LogP contribution in [0.3, 0.4) is 0 Å². The molecule has 0 bridgehead atoms. The maximum absolute atomic E-state index is 4.59. The largest absolute Gasteiger partial charge is 1.00 e. The van der Waals surface area contributed by atoms with Crippen LogP contribution in [0.15, 0.2) is 0 Å². The van der Waals surface area contributed by atoms with Gasteiger partial charge in [0.25, 0.3) is 0 Å². The molecule has 0 N–H and O–H groups in total. The quantitative estimate of drug-likeness (QED) is 0.0904. The molecule has 8 unspecified atom stereocenters. The maximum atomic E-state index is 4.59. The second-order valence-corrected chi connectivity index (χ2v) is 16.8. The van der Waals surface area contributed by atoms with Crippen molar-refractivity contribution in [3.8, 4) is 0 Å². The van der Waals surface area contributed by atoms with Gasteiger partial charge in [-0.05, 0) is 79.0 Å². The molecule has 4 fully saturated rings. The van der Waals surface area contributed by atoms with Crippen molar-refractivity contribution >= 4 is 0 Å². The van der Waals surface area contributed by atoms with Gasteiger partial charge in [-0.15, -0.1) is 0 Å². The van der Waals surface area contributed by atoms with Crippen molar-refractivity contribution in [3.05, 3.63) is 49.0 Å². The number of nitrogens with zero attached hydrogens (tertiary/aromatic N) is 8. The van der Waals surface area contributed by atoms with Crippen LogP contribution in [0, 0.1) is 27.7 Å². The van der Waals surface area contributed by atoms with Crippen molar-refractivity contribution in [1.29, 1.82) is 0 Å². The van der Waals surface area contributed by atoms with E-state index in [-0.39, 0.29) is 151 Å². The summed E-state index contributed by atoms with van der Waals surface area (Å²) in [7, 11) is 8.33. The van der Waals surface area contributed by atoms with Gasteiger partial charge in [0.2, 0.25) is 0 Å². The maximum Gasteiger partial charge on any atom is 1.00 e. The predicted octanol–water partition coefficient (Wildman–Crippen LogP) is -12.6. The van der Waals surface area contributed by atoms with Crippen molar-refractivity contribution < 1.29 is 151 Å². The van der Waals surface area contributed by atoms with E-state index in [1.807, 2.05) is 14.1 Å². The summed E-state index contributed by atoms with van der Waals surface area (Å²) in [4.78, 5) is 10.3. The molecule has 0 heterocycles. The molecule has 8 nitrogen and oxygen atoms in total. The third-order valence-corrected chi connectivity index (χ3v) is 13.1. The summed E-state index contributed by atoms with van der Waals surface area (Å²) in [6, 6.07) is 5.10. The topological polar surface area (TPSA) is 69.4 Å². The Balaban J connectivity index is -0.000000106. The van der Waals surface area contributed by atoms with Crippen LogP contribution in [0.5, 0.6) is 0 Å². The van der Waals surface area contributed by atoms with Crippen LogP contribution in [0.4, 0.5) is 0 Å². The van der Waals surface area contributed by atoms with E-state index >= 15 is 0 Å². The minimum Gasteiger partial charge on any atom is -0.663 e. The summed E-state index contributed by atoms with van der Waals surface area (Å²) in [6.45, 7) is 33.6. The van der Waals surface area contributed by atoms with Gasteiger partial charge in [0, 0.05) is 24.2 Å². The number of likely N-dealkylation sites (N-methyl/N-ethyl adjacent to an activating group) is 8. The molecule has 8 atom stereocenters. The van der Waals surface area contributed by atoms with E-state index in [0.29, 0.717) is 24.2 Å². The van der Waals surface area contributed by atoms with E-state index in [9.17, 15) is 0 Å². The Morgan fingerprint density at radius 1 is 0.375 bits per heavy atom. The first-order chi connectivity index (χ1) is 27.2. The van der Waals surface area contributed by atoms with E-state index in [1.54, 1.807) is 0 Å². The van der Waals surface area contributed by atoms with Crippen LogP contribution in [0.1, 0.15) is 156 Å². The molecule has 0 amide bonds. The monoisotopic (exact) mass is 841 g/mol. The molecule has 4 aliphatic rings. The fourth-order valence-corrected chi connectivity index (χ4v) is 10.1. The first-order valence-electron chi connectivity index (χ1n) is 23.8. The molecule has 0 aromatic carbocycles. The second kappa shape index (κ2) is 56.7. The van der Waals surface area contributed by atoms with Crippen molar-refractivity contribution in [2.24, 2.45) is 0 Å². The third kappa shape index (κ3) is 34.8. The Labute approximate surface area is 499 Å². The van der Waals surface area contributed by atoms with E-state index < -0.39 is 0 Å². The van der Waals surface area contributed by atoms with Gasteiger partial charge in [-0.25, -0.2) is 0 Å². The molecule has 4 aliphatic carbocycles. The molecule has 16 heteroatoms. The molecular weight excluding hydrogens is 744 g/mol. The molecule has 0 aromatic rings. The molecule has 336 valence electrons. The summed E-state index contributed by atoms with van der Waals surface area (Å²) in [5, 5.41) is 17.8. The molecule has 64 heavy (non-hydrogen) atoms. The minimum absolute atomic E-state index is 0. The molecular formula is C48H96Li8N8. The summed E-state index contributed by atoms with van der Waals surface area (Å²) in [5.74, 6) is 0. The summed E-state index contributed by atoms with van der Waals surface area (Å²) < 4.78 is 0. The molecule has 0 aliphatic heterocycles. The summed E-state index contributed by atoms with van der Waals surface area (Å²) in [6.07, 6.45) is 25.5. The van der Waals surface area contributed by atoms with Gasteiger partial charge in [0.05, 0.1) is 0 Å². The Morgan fingerprint density at radius 3 is 0.859 bits per heavy atom. The van der Waals surface area contributed by atoms with Crippen LogP contribution in [0.2, 0.25) is 0 Å². The van der Waals surface area contributed by atoms with E-state index in [4.69, 9.17) is 0 Å². The Kier molecular flexibility index (Phi) is 75.6. The van der Waals surface area contributed by atoms with E-state index in [1.165, 1.54) is 116 Å². The third-order valence-electron chi connectivity index (χ3n) is 13.1. The second-order valence-electron chi connectivity index (χ2n) is 16.8. The zero-order valence-electron chi connectivity index (χ0n) is 46.8. The average molecular weight is 841 g/mol. The van der Waals surface area contributed by atoms with Gasteiger partial charge >= 0.3 is 151 Å². The Hall–Kier alpha value is 4.46. The van der Waals surface area contributed by atoms with Gasteiger partial charge in [0.1, 0.15) is 0 Å². The zero-order valence-corrected chi connectivity index (χ0v) is 46.8. The van der Waals surface area contributed by atoms with Crippen LogP contribution in [-0.2, 0) is 0 Å². The molecule has 4 saturated carbocycles. The standard InChI is InChI=1S/C16H32N2.C14H28N2.C10H20N2.C8H16N2.8Li/c1-5-13-17(7-3)15-11-9-10-12-16(15)18(8-4)14-6-2;1-5-11-15(3)13-9-7-8-10-14(13)16(4)12-6-2;1-3-11-9-7-5-6-8-10(9)12-4-2;1-9-7-5-3-4-6-8(7)10-2;;;;;;;;/h15-16H,1-2,5-14H2,3-4H3;13-14H,1-2,5-12H2,3-4H3;9-10H,3-8H2,1-2H3;7-8H,3-6H2,1-2H3;;;;;;;;/q4*-2;8*+1. The van der Waals surface area contributed by atoms with E-state index in [0.717, 1.165) is 89.1 Å². The van der Waals surface area contributed by atoms with Crippen LogP contribution in [0.25, 0.3) is 21.3 Å². The number of hydrogen-bond donors (Lipinski definition) is 0. The van der Waals surface area contributed by atoms with Gasteiger partial charge < -0.3 is 68.6 Å². The Bertz CT molecular complexity index is 824. The number of rotatable bonds is 20. The van der Waals surface area contributed by atoms with Crippen molar-refractivity contribution in [2.45, 2.75) is 204 Å². The summed E-state index contributed by atoms with van der Waals surface area (Å²) >= 11 is 0. The summed E-state index contributed by atoms with van der Waals surface area (Å²) in [5.41, 5.74) is 0.